The molecule has 7 nitrogen and oxygen atoms in total. The molecule has 0 N–H and O–H groups in total. The zero-order chi connectivity index (χ0) is 19.1. The molecule has 2 fully saturated rings. The van der Waals surface area contributed by atoms with Crippen molar-refractivity contribution < 1.29 is 14.3 Å². The van der Waals surface area contributed by atoms with E-state index in [1.54, 1.807) is 4.90 Å². The molecule has 2 saturated heterocycles. The Balaban J connectivity index is 1.35. The third kappa shape index (κ3) is 5.35. The Bertz CT molecular complexity index is 609. The fraction of sp³-hybridized carbons (Fsp3) is 0.600. The second-order valence-corrected chi connectivity index (χ2v) is 6.98. The smallest absolute Gasteiger partial charge is 0.409 e. The summed E-state index contributed by atoms with van der Waals surface area (Å²) in [6.45, 7) is 9.25. The first-order chi connectivity index (χ1) is 13.2. The number of piperazine rings is 2. The molecule has 0 bridgehead atoms. The maximum absolute atomic E-state index is 12.5. The van der Waals surface area contributed by atoms with E-state index in [4.69, 9.17) is 4.74 Å². The van der Waals surface area contributed by atoms with Gasteiger partial charge in [-0.2, -0.15) is 0 Å². The van der Waals surface area contributed by atoms with Gasteiger partial charge in [0.05, 0.1) is 6.61 Å². The molecule has 1 aromatic carbocycles. The number of para-hydroxylation sites is 1. The summed E-state index contributed by atoms with van der Waals surface area (Å²) in [5.41, 5.74) is 1.23. The van der Waals surface area contributed by atoms with Crippen LogP contribution in [0.5, 0.6) is 0 Å². The molecule has 0 aromatic heterocycles. The highest BCUT2D eigenvalue weighted by Crippen LogP contribution is 2.16. The van der Waals surface area contributed by atoms with Gasteiger partial charge in [-0.25, -0.2) is 4.79 Å². The zero-order valence-corrected chi connectivity index (χ0v) is 16.2. The molecular formula is C20H30N4O3. The fourth-order valence-corrected chi connectivity index (χ4v) is 3.63. The van der Waals surface area contributed by atoms with Gasteiger partial charge in [0, 0.05) is 71.0 Å². The third-order valence-corrected chi connectivity index (χ3v) is 5.29. The SMILES string of the molecule is CCOC(=O)N1CCN(CCC(=O)N2CCN(c3ccccc3)CC2)CC1. The van der Waals surface area contributed by atoms with Crippen LogP contribution in [0.3, 0.4) is 0 Å². The summed E-state index contributed by atoms with van der Waals surface area (Å²) in [5, 5.41) is 0. The Kier molecular flexibility index (Phi) is 6.92. The minimum Gasteiger partial charge on any atom is -0.450 e. The molecule has 0 aliphatic carbocycles. The Morgan fingerprint density at radius 2 is 1.52 bits per heavy atom. The molecular weight excluding hydrogens is 344 g/mol. The molecule has 27 heavy (non-hydrogen) atoms. The number of carbonyl (C=O) groups excluding carboxylic acids is 2. The second-order valence-electron chi connectivity index (χ2n) is 6.98. The third-order valence-electron chi connectivity index (χ3n) is 5.29. The molecule has 1 aromatic rings. The highest BCUT2D eigenvalue weighted by atomic mass is 16.6. The molecule has 2 aliphatic rings. The molecule has 2 aliphatic heterocycles. The number of rotatable bonds is 5. The van der Waals surface area contributed by atoms with E-state index >= 15 is 0 Å². The summed E-state index contributed by atoms with van der Waals surface area (Å²) in [7, 11) is 0. The lowest BCUT2D eigenvalue weighted by Crippen LogP contribution is -2.51. The highest BCUT2D eigenvalue weighted by molar-refractivity contribution is 5.76. The minimum atomic E-state index is -0.232. The predicted octanol–water partition coefficient (Wildman–Crippen LogP) is 1.50. The molecule has 2 amide bonds. The zero-order valence-electron chi connectivity index (χ0n) is 16.2. The van der Waals surface area contributed by atoms with Gasteiger partial charge in [0.15, 0.2) is 0 Å². The van der Waals surface area contributed by atoms with Gasteiger partial charge in [-0.15, -0.1) is 0 Å². The van der Waals surface area contributed by atoms with Crippen LogP contribution >= 0.6 is 0 Å². The van der Waals surface area contributed by atoms with Crippen LogP contribution in [-0.2, 0) is 9.53 Å². The van der Waals surface area contributed by atoms with Gasteiger partial charge in [0.2, 0.25) is 5.91 Å². The van der Waals surface area contributed by atoms with Gasteiger partial charge in [-0.3, -0.25) is 9.69 Å². The molecule has 0 unspecified atom stereocenters. The van der Waals surface area contributed by atoms with Gasteiger partial charge in [-0.1, -0.05) is 18.2 Å². The number of amides is 2. The van der Waals surface area contributed by atoms with Crippen LogP contribution in [0.25, 0.3) is 0 Å². The first kappa shape index (κ1) is 19.5. The summed E-state index contributed by atoms with van der Waals surface area (Å²) in [6, 6.07) is 10.4. The van der Waals surface area contributed by atoms with E-state index in [1.807, 2.05) is 17.9 Å². The molecule has 2 heterocycles. The first-order valence-corrected chi connectivity index (χ1v) is 9.89. The lowest BCUT2D eigenvalue weighted by molar-refractivity contribution is -0.131. The van der Waals surface area contributed by atoms with Gasteiger partial charge >= 0.3 is 6.09 Å². The number of anilines is 1. The van der Waals surface area contributed by atoms with Crippen LogP contribution in [0.4, 0.5) is 10.5 Å². The standard InChI is InChI=1S/C20H30N4O3/c1-2-27-20(26)24-12-10-21(11-13-24)9-8-19(25)23-16-14-22(15-17-23)18-6-4-3-5-7-18/h3-7H,2,8-17H2,1H3. The fourth-order valence-electron chi connectivity index (χ4n) is 3.63. The van der Waals surface area contributed by atoms with Crippen LogP contribution in [0, 0.1) is 0 Å². The van der Waals surface area contributed by atoms with Gasteiger partial charge in [0.1, 0.15) is 0 Å². The van der Waals surface area contributed by atoms with E-state index in [2.05, 4.69) is 34.1 Å². The first-order valence-electron chi connectivity index (χ1n) is 9.89. The Labute approximate surface area is 161 Å². The van der Waals surface area contributed by atoms with Crippen LogP contribution < -0.4 is 4.90 Å². The Hall–Kier alpha value is -2.28. The van der Waals surface area contributed by atoms with Crippen molar-refractivity contribution in [3.8, 4) is 0 Å². The second kappa shape index (κ2) is 9.60. The van der Waals surface area contributed by atoms with Crippen molar-refractivity contribution in [1.82, 2.24) is 14.7 Å². The van der Waals surface area contributed by atoms with Gasteiger partial charge in [0.25, 0.3) is 0 Å². The molecule has 148 valence electrons. The van der Waals surface area contributed by atoms with Crippen LogP contribution in [0.15, 0.2) is 30.3 Å². The molecule has 0 spiro atoms. The average Bonchev–Trinajstić information content (AvgIpc) is 2.73. The number of benzene rings is 1. The van der Waals surface area contributed by atoms with Gasteiger partial charge < -0.3 is 19.4 Å². The van der Waals surface area contributed by atoms with Crippen LogP contribution in [0.1, 0.15) is 13.3 Å². The van der Waals surface area contributed by atoms with E-state index < -0.39 is 0 Å². The quantitative estimate of drug-likeness (QED) is 0.782. The topological polar surface area (TPSA) is 56.3 Å². The van der Waals surface area contributed by atoms with Crippen molar-refractivity contribution in [2.75, 3.05) is 70.4 Å². The maximum atomic E-state index is 12.5. The molecule has 0 radical (unpaired) electrons. The Morgan fingerprint density at radius 3 is 2.15 bits per heavy atom. The van der Waals surface area contributed by atoms with Crippen LogP contribution in [-0.4, -0.2) is 92.2 Å². The number of hydrogen-bond donors (Lipinski definition) is 0. The van der Waals surface area contributed by atoms with E-state index in [9.17, 15) is 9.59 Å². The Morgan fingerprint density at radius 1 is 0.889 bits per heavy atom. The number of nitrogens with zero attached hydrogens (tertiary/aromatic N) is 4. The number of carbonyl (C=O) groups is 2. The van der Waals surface area contributed by atoms with E-state index in [0.717, 1.165) is 45.8 Å². The van der Waals surface area contributed by atoms with Crippen molar-refractivity contribution in [2.24, 2.45) is 0 Å². The van der Waals surface area contributed by atoms with E-state index in [0.29, 0.717) is 26.1 Å². The van der Waals surface area contributed by atoms with E-state index in [-0.39, 0.29) is 12.0 Å². The van der Waals surface area contributed by atoms with E-state index in [1.165, 1.54) is 5.69 Å². The van der Waals surface area contributed by atoms with Crippen molar-refractivity contribution in [3.63, 3.8) is 0 Å². The van der Waals surface area contributed by atoms with Gasteiger partial charge in [-0.05, 0) is 19.1 Å². The molecule has 0 atom stereocenters. The minimum absolute atomic E-state index is 0.232. The summed E-state index contributed by atoms with van der Waals surface area (Å²) in [4.78, 5) is 32.6. The summed E-state index contributed by atoms with van der Waals surface area (Å²) in [5.74, 6) is 0.232. The lowest BCUT2D eigenvalue weighted by atomic mass is 10.2. The summed E-state index contributed by atoms with van der Waals surface area (Å²) >= 11 is 0. The largest absolute Gasteiger partial charge is 0.450 e. The molecule has 0 saturated carbocycles. The predicted molar refractivity (Wildman–Crippen MR) is 105 cm³/mol. The van der Waals surface area contributed by atoms with Crippen LogP contribution in [0.2, 0.25) is 0 Å². The maximum Gasteiger partial charge on any atom is 0.409 e. The number of ether oxygens (including phenoxy) is 1. The van der Waals surface area contributed by atoms with Crippen molar-refractivity contribution in [3.05, 3.63) is 30.3 Å². The molecule has 7 heteroatoms. The van der Waals surface area contributed by atoms with Crippen molar-refractivity contribution in [2.45, 2.75) is 13.3 Å². The normalized spacial score (nSPS) is 18.5. The average molecular weight is 374 g/mol. The summed E-state index contributed by atoms with van der Waals surface area (Å²) < 4.78 is 5.04. The molecule has 3 rings (SSSR count). The van der Waals surface area contributed by atoms with Crippen molar-refractivity contribution >= 4 is 17.7 Å². The number of hydrogen-bond acceptors (Lipinski definition) is 5. The monoisotopic (exact) mass is 374 g/mol. The van der Waals surface area contributed by atoms with Crippen molar-refractivity contribution in [1.29, 1.82) is 0 Å². The lowest BCUT2D eigenvalue weighted by Gasteiger charge is -2.37. The summed E-state index contributed by atoms with van der Waals surface area (Å²) in [6.07, 6.45) is 0.314. The highest BCUT2D eigenvalue weighted by Gasteiger charge is 2.24.